The first-order valence-corrected chi connectivity index (χ1v) is 13.1. The maximum atomic E-state index is 12.3. The molecular formula is C27H44O5. The average molecular weight is 449 g/mol. The number of Topliss-reactive ketones (excluding diaryl/α,β-unsaturated/α-hetero) is 1. The summed E-state index contributed by atoms with van der Waals surface area (Å²) in [4.78, 5) is 23.4. The van der Waals surface area contributed by atoms with Gasteiger partial charge in [-0.2, -0.15) is 0 Å². The van der Waals surface area contributed by atoms with Gasteiger partial charge in [0.05, 0.1) is 12.2 Å². The molecule has 1 unspecified atom stereocenters. The third kappa shape index (κ3) is 3.85. The van der Waals surface area contributed by atoms with Gasteiger partial charge in [0.2, 0.25) is 0 Å². The van der Waals surface area contributed by atoms with Crippen LogP contribution in [-0.2, 0) is 9.59 Å². The topological polar surface area (TPSA) is 94.8 Å². The Morgan fingerprint density at radius 1 is 0.938 bits per heavy atom. The van der Waals surface area contributed by atoms with Gasteiger partial charge in [-0.3, -0.25) is 9.59 Å². The van der Waals surface area contributed by atoms with Gasteiger partial charge >= 0.3 is 5.97 Å². The lowest BCUT2D eigenvalue weighted by Crippen LogP contribution is -2.58. The summed E-state index contributed by atoms with van der Waals surface area (Å²) < 4.78 is 0. The first-order valence-electron chi connectivity index (χ1n) is 13.1. The molecule has 32 heavy (non-hydrogen) atoms. The van der Waals surface area contributed by atoms with Crippen LogP contribution >= 0.6 is 0 Å². The Labute approximate surface area is 193 Å². The van der Waals surface area contributed by atoms with E-state index in [1.54, 1.807) is 0 Å². The number of aliphatic hydroxyl groups excluding tert-OH is 2. The third-order valence-electron chi connectivity index (χ3n) is 11.1. The summed E-state index contributed by atoms with van der Waals surface area (Å²) in [7, 11) is 0. The summed E-state index contributed by atoms with van der Waals surface area (Å²) in [6.45, 7) is 8.63. The number of carbonyl (C=O) groups excluding carboxylic acids is 1. The molecule has 0 radical (unpaired) electrons. The van der Waals surface area contributed by atoms with E-state index >= 15 is 0 Å². The second-order valence-electron chi connectivity index (χ2n) is 12.5. The lowest BCUT2D eigenvalue weighted by molar-refractivity contribution is -0.174. The fourth-order valence-corrected chi connectivity index (χ4v) is 9.10. The fraction of sp³-hybridized carbons (Fsp3) is 0.926. The molecule has 0 aliphatic heterocycles. The number of aliphatic hydroxyl groups is 2. The standard InChI is InChI=1S/C27H44O5/c1-15(5-8-22(29)16(2)25(31)32)19-6-7-20-24-21(10-12-27(19,20)4)26(3)11-9-18(28)13-17(26)14-23(24)30/h15-21,23-24,28,30H,5-14H2,1-4H3,(H,31,32)/t15-,16?,17+,18-,19-,20+,21+,23-,24+,26+,27-/m1/s1. The summed E-state index contributed by atoms with van der Waals surface area (Å²) >= 11 is 0. The van der Waals surface area contributed by atoms with E-state index in [4.69, 9.17) is 5.11 Å². The molecule has 182 valence electrons. The number of hydrogen-bond donors (Lipinski definition) is 3. The Kier molecular flexibility index (Phi) is 6.57. The van der Waals surface area contributed by atoms with E-state index in [1.807, 2.05) is 0 Å². The third-order valence-corrected chi connectivity index (χ3v) is 11.1. The van der Waals surface area contributed by atoms with Crippen molar-refractivity contribution in [3.8, 4) is 0 Å². The number of fused-ring (bicyclic) bond motifs is 5. The van der Waals surface area contributed by atoms with Gasteiger partial charge in [-0.1, -0.05) is 20.8 Å². The van der Waals surface area contributed by atoms with Crippen LogP contribution in [0.1, 0.15) is 91.9 Å². The number of hydrogen-bond acceptors (Lipinski definition) is 4. The van der Waals surface area contributed by atoms with E-state index in [1.165, 1.54) is 13.3 Å². The van der Waals surface area contributed by atoms with Gasteiger partial charge in [0, 0.05) is 6.42 Å². The number of ketones is 1. The Morgan fingerprint density at radius 3 is 2.28 bits per heavy atom. The van der Waals surface area contributed by atoms with E-state index in [0.717, 1.165) is 51.4 Å². The summed E-state index contributed by atoms with van der Waals surface area (Å²) in [6, 6.07) is 0. The van der Waals surface area contributed by atoms with Crippen LogP contribution < -0.4 is 0 Å². The van der Waals surface area contributed by atoms with Crippen LogP contribution in [0.3, 0.4) is 0 Å². The van der Waals surface area contributed by atoms with Crippen molar-refractivity contribution in [3.05, 3.63) is 0 Å². The van der Waals surface area contributed by atoms with Crippen molar-refractivity contribution in [3.63, 3.8) is 0 Å². The summed E-state index contributed by atoms with van der Waals surface area (Å²) in [6.07, 6.45) is 8.98. The van der Waals surface area contributed by atoms with E-state index < -0.39 is 11.9 Å². The van der Waals surface area contributed by atoms with Crippen LogP contribution in [0, 0.1) is 52.3 Å². The Morgan fingerprint density at radius 2 is 1.59 bits per heavy atom. The number of carbonyl (C=O) groups is 2. The van der Waals surface area contributed by atoms with Gasteiger partial charge in [0.25, 0.3) is 0 Å². The zero-order valence-corrected chi connectivity index (χ0v) is 20.4. The van der Waals surface area contributed by atoms with Crippen LogP contribution in [0.2, 0.25) is 0 Å². The largest absolute Gasteiger partial charge is 0.481 e. The highest BCUT2D eigenvalue weighted by atomic mass is 16.4. The highest BCUT2D eigenvalue weighted by Gasteiger charge is 2.62. The van der Waals surface area contributed by atoms with E-state index in [-0.39, 0.29) is 28.8 Å². The summed E-state index contributed by atoms with van der Waals surface area (Å²) in [5.74, 6) is 0.700. The molecule has 0 aromatic carbocycles. The Bertz CT molecular complexity index is 736. The molecule has 4 saturated carbocycles. The van der Waals surface area contributed by atoms with Crippen LogP contribution in [0.5, 0.6) is 0 Å². The Balaban J connectivity index is 1.47. The monoisotopic (exact) mass is 448 g/mol. The van der Waals surface area contributed by atoms with Gasteiger partial charge in [-0.15, -0.1) is 0 Å². The normalized spacial score (nSPS) is 47.6. The van der Waals surface area contributed by atoms with Crippen molar-refractivity contribution in [1.29, 1.82) is 0 Å². The van der Waals surface area contributed by atoms with Crippen molar-refractivity contribution in [2.45, 2.75) is 104 Å². The highest BCUT2D eigenvalue weighted by molar-refractivity contribution is 5.97. The molecule has 4 aliphatic rings. The smallest absolute Gasteiger partial charge is 0.313 e. The number of aliphatic carboxylic acids is 1. The fourth-order valence-electron chi connectivity index (χ4n) is 9.10. The summed E-state index contributed by atoms with van der Waals surface area (Å²) in [5, 5.41) is 30.7. The van der Waals surface area contributed by atoms with Crippen molar-refractivity contribution in [1.82, 2.24) is 0 Å². The first kappa shape index (κ1) is 24.2. The molecular weight excluding hydrogens is 404 g/mol. The lowest BCUT2D eigenvalue weighted by atomic mass is 9.43. The van der Waals surface area contributed by atoms with E-state index in [2.05, 4.69) is 20.8 Å². The average Bonchev–Trinajstić information content (AvgIpc) is 3.09. The van der Waals surface area contributed by atoms with E-state index in [0.29, 0.717) is 41.9 Å². The molecule has 0 bridgehead atoms. The van der Waals surface area contributed by atoms with Crippen LogP contribution in [0.25, 0.3) is 0 Å². The van der Waals surface area contributed by atoms with Gasteiger partial charge in [-0.25, -0.2) is 0 Å². The SMILES string of the molecule is CC(C(=O)O)C(=O)CC[C@@H](C)[C@H]1CC[C@H]2[C@@H]3[C@H](O)C[C@@H]4C[C@H](O)CC[C@]4(C)[C@H]3CC[C@]12C. The minimum Gasteiger partial charge on any atom is -0.481 e. The molecule has 3 N–H and O–H groups in total. The molecule has 0 heterocycles. The van der Waals surface area contributed by atoms with Crippen molar-refractivity contribution in [2.75, 3.05) is 0 Å². The predicted octanol–water partition coefficient (Wildman–Crippen LogP) is 4.68. The van der Waals surface area contributed by atoms with Gasteiger partial charge in [-0.05, 0) is 111 Å². The molecule has 0 amide bonds. The first-order chi connectivity index (χ1) is 15.0. The second-order valence-corrected chi connectivity index (χ2v) is 12.5. The zero-order valence-electron chi connectivity index (χ0n) is 20.4. The minimum absolute atomic E-state index is 0.158. The molecule has 4 fully saturated rings. The van der Waals surface area contributed by atoms with Crippen LogP contribution in [0.4, 0.5) is 0 Å². The number of carboxylic acids is 1. The van der Waals surface area contributed by atoms with Crippen LogP contribution in [0.15, 0.2) is 0 Å². The summed E-state index contributed by atoms with van der Waals surface area (Å²) in [5.41, 5.74) is 0.438. The maximum absolute atomic E-state index is 12.3. The second kappa shape index (κ2) is 8.69. The van der Waals surface area contributed by atoms with Crippen molar-refractivity contribution < 1.29 is 24.9 Å². The molecule has 4 rings (SSSR count). The molecule has 0 aromatic rings. The number of carboxylic acid groups (broad SMARTS) is 1. The van der Waals surface area contributed by atoms with Crippen molar-refractivity contribution >= 4 is 11.8 Å². The van der Waals surface area contributed by atoms with Gasteiger partial charge in [0.1, 0.15) is 11.7 Å². The Hall–Kier alpha value is -0.940. The van der Waals surface area contributed by atoms with Crippen LogP contribution in [-0.4, -0.2) is 39.3 Å². The quantitative estimate of drug-likeness (QED) is 0.513. The molecule has 4 aliphatic carbocycles. The van der Waals surface area contributed by atoms with E-state index in [9.17, 15) is 19.8 Å². The zero-order chi connectivity index (χ0) is 23.4. The maximum Gasteiger partial charge on any atom is 0.313 e. The molecule has 5 heteroatoms. The molecule has 11 atom stereocenters. The number of rotatable bonds is 6. The molecule has 0 spiro atoms. The van der Waals surface area contributed by atoms with Gasteiger partial charge < -0.3 is 15.3 Å². The van der Waals surface area contributed by atoms with Gasteiger partial charge in [0.15, 0.2) is 0 Å². The molecule has 5 nitrogen and oxygen atoms in total. The molecule has 0 saturated heterocycles. The minimum atomic E-state index is -1.03. The van der Waals surface area contributed by atoms with Crippen molar-refractivity contribution in [2.24, 2.45) is 52.3 Å². The molecule has 0 aromatic heterocycles. The highest BCUT2D eigenvalue weighted by Crippen LogP contribution is 2.68. The lowest BCUT2D eigenvalue weighted by Gasteiger charge is -2.62. The predicted molar refractivity (Wildman–Crippen MR) is 123 cm³/mol.